The summed E-state index contributed by atoms with van der Waals surface area (Å²) in [7, 11) is 0. The van der Waals surface area contributed by atoms with Crippen LogP contribution in [0.1, 0.15) is 35.4 Å². The molecule has 3 aromatic carbocycles. The number of amides is 1. The number of rotatable bonds is 9. The smallest absolute Gasteiger partial charge is 0.405 e. The van der Waals surface area contributed by atoms with E-state index in [2.05, 4.69) is 15.4 Å². The minimum atomic E-state index is -4.94. The van der Waals surface area contributed by atoms with Crippen molar-refractivity contribution in [2.45, 2.75) is 37.6 Å². The van der Waals surface area contributed by atoms with Crippen molar-refractivity contribution in [3.63, 3.8) is 0 Å². The molecular formula is C28H27F5N2O3. The lowest BCUT2D eigenvalue weighted by Crippen LogP contribution is -2.38. The molecule has 0 aromatic heterocycles. The Morgan fingerprint density at radius 2 is 1.82 bits per heavy atom. The zero-order chi connectivity index (χ0) is 27.1. The van der Waals surface area contributed by atoms with Gasteiger partial charge in [-0.3, -0.25) is 4.79 Å². The third-order valence-corrected chi connectivity index (χ3v) is 6.30. The number of carbonyl (C=O) groups is 1. The first kappa shape index (κ1) is 27.5. The van der Waals surface area contributed by atoms with Gasteiger partial charge in [-0.05, 0) is 48.7 Å². The SMILES string of the molecule is O=C(C[C@@H](c1ccc(F)cc1)c1ccccc1OC(F)(F)F)Nc1cccc(F)c1CC[C@@H]1CNCCO1. The first-order chi connectivity index (χ1) is 18.2. The summed E-state index contributed by atoms with van der Waals surface area (Å²) in [5, 5.41) is 5.93. The summed E-state index contributed by atoms with van der Waals surface area (Å²) < 4.78 is 77.4. The van der Waals surface area contributed by atoms with Crippen molar-refractivity contribution in [3.05, 3.63) is 95.1 Å². The minimum absolute atomic E-state index is 0.0834. The molecule has 1 heterocycles. The molecule has 0 radical (unpaired) electrons. The first-order valence-corrected chi connectivity index (χ1v) is 12.2. The summed E-state index contributed by atoms with van der Waals surface area (Å²) in [5.41, 5.74) is 1.11. The van der Waals surface area contributed by atoms with Crippen molar-refractivity contribution in [3.8, 4) is 5.75 Å². The van der Waals surface area contributed by atoms with Crippen LogP contribution in [0, 0.1) is 11.6 Å². The van der Waals surface area contributed by atoms with E-state index in [0.717, 1.165) is 12.6 Å². The number of benzene rings is 3. The maximum Gasteiger partial charge on any atom is 0.573 e. The average Bonchev–Trinajstić information content (AvgIpc) is 2.88. The van der Waals surface area contributed by atoms with Gasteiger partial charge in [-0.2, -0.15) is 0 Å². The summed E-state index contributed by atoms with van der Waals surface area (Å²) >= 11 is 0. The molecule has 0 spiro atoms. The zero-order valence-electron chi connectivity index (χ0n) is 20.4. The van der Waals surface area contributed by atoms with E-state index in [-0.39, 0.29) is 23.8 Å². The fraction of sp³-hybridized carbons (Fsp3) is 0.321. The van der Waals surface area contributed by atoms with E-state index in [1.165, 1.54) is 54.6 Å². The maximum atomic E-state index is 14.7. The lowest BCUT2D eigenvalue weighted by Gasteiger charge is -2.24. The van der Waals surface area contributed by atoms with Crippen LogP contribution in [0.4, 0.5) is 27.6 Å². The van der Waals surface area contributed by atoms with Crippen molar-refractivity contribution >= 4 is 11.6 Å². The summed E-state index contributed by atoms with van der Waals surface area (Å²) in [6.07, 6.45) is -4.47. The quantitative estimate of drug-likeness (QED) is 0.334. The first-order valence-electron chi connectivity index (χ1n) is 12.2. The average molecular weight is 535 g/mol. The van der Waals surface area contributed by atoms with Gasteiger partial charge < -0.3 is 20.1 Å². The molecule has 10 heteroatoms. The molecule has 202 valence electrons. The third kappa shape index (κ3) is 7.52. The Morgan fingerprint density at radius 1 is 1.05 bits per heavy atom. The van der Waals surface area contributed by atoms with Gasteiger partial charge in [0.15, 0.2) is 0 Å². The zero-order valence-corrected chi connectivity index (χ0v) is 20.4. The van der Waals surface area contributed by atoms with Gasteiger partial charge in [-0.25, -0.2) is 8.78 Å². The minimum Gasteiger partial charge on any atom is -0.405 e. The van der Waals surface area contributed by atoms with E-state index in [4.69, 9.17) is 4.74 Å². The lowest BCUT2D eigenvalue weighted by molar-refractivity contribution is -0.274. The highest BCUT2D eigenvalue weighted by Gasteiger charge is 2.33. The predicted molar refractivity (Wildman–Crippen MR) is 132 cm³/mol. The summed E-state index contributed by atoms with van der Waals surface area (Å²) in [5.74, 6) is -2.92. The molecule has 0 bridgehead atoms. The van der Waals surface area contributed by atoms with Crippen molar-refractivity contribution in [2.24, 2.45) is 0 Å². The Labute approximate surface area is 217 Å². The molecule has 3 aromatic rings. The molecule has 0 unspecified atom stereocenters. The maximum absolute atomic E-state index is 14.7. The second kappa shape index (κ2) is 12.4. The van der Waals surface area contributed by atoms with E-state index in [1.54, 1.807) is 6.07 Å². The van der Waals surface area contributed by atoms with Gasteiger partial charge in [-0.15, -0.1) is 13.2 Å². The molecule has 1 aliphatic heterocycles. The standard InChI is InChI=1S/C28H27F5N2O3/c29-19-10-8-18(9-11-19)23(21-4-1-2-7-26(21)38-28(31,32)33)16-27(36)35-25-6-3-5-24(30)22(25)13-12-20-17-34-14-15-37-20/h1-11,20,23,34H,12-17H2,(H,35,36)/t20-,23+/m1/s1. The van der Waals surface area contributed by atoms with Crippen molar-refractivity contribution in [2.75, 3.05) is 25.0 Å². The number of hydrogen-bond donors (Lipinski definition) is 2. The molecule has 2 N–H and O–H groups in total. The van der Waals surface area contributed by atoms with Gasteiger partial charge in [0.1, 0.15) is 17.4 Å². The highest BCUT2D eigenvalue weighted by Crippen LogP contribution is 2.37. The van der Waals surface area contributed by atoms with Crippen LogP contribution in [-0.2, 0) is 16.0 Å². The van der Waals surface area contributed by atoms with Gasteiger partial charge in [0.05, 0.1) is 12.7 Å². The number of carbonyl (C=O) groups excluding carboxylic acids is 1. The molecule has 2 atom stereocenters. The van der Waals surface area contributed by atoms with Gasteiger partial charge in [0.2, 0.25) is 5.91 Å². The second-order valence-corrected chi connectivity index (χ2v) is 8.94. The Morgan fingerprint density at radius 3 is 2.53 bits per heavy atom. The highest BCUT2D eigenvalue weighted by molar-refractivity contribution is 5.92. The number of morpholine rings is 1. The monoisotopic (exact) mass is 534 g/mol. The van der Waals surface area contributed by atoms with Crippen LogP contribution in [0.2, 0.25) is 0 Å². The summed E-state index contributed by atoms with van der Waals surface area (Å²) in [4.78, 5) is 13.2. The number of ether oxygens (including phenoxy) is 2. The molecule has 4 rings (SSSR count). The molecule has 38 heavy (non-hydrogen) atoms. The molecule has 0 saturated carbocycles. The van der Waals surface area contributed by atoms with E-state index in [0.29, 0.717) is 37.1 Å². The Hall–Kier alpha value is -3.50. The predicted octanol–water partition coefficient (Wildman–Crippen LogP) is 5.95. The molecule has 0 aliphatic carbocycles. The van der Waals surface area contributed by atoms with Crippen LogP contribution < -0.4 is 15.4 Å². The molecule has 5 nitrogen and oxygen atoms in total. The Bertz CT molecular complexity index is 1230. The second-order valence-electron chi connectivity index (χ2n) is 8.94. The number of para-hydroxylation sites is 1. The highest BCUT2D eigenvalue weighted by atomic mass is 19.4. The molecular weight excluding hydrogens is 507 g/mol. The van der Waals surface area contributed by atoms with Crippen LogP contribution >= 0.6 is 0 Å². The lowest BCUT2D eigenvalue weighted by atomic mass is 9.87. The normalized spacial score (nSPS) is 16.6. The van der Waals surface area contributed by atoms with Crippen LogP contribution in [0.3, 0.4) is 0 Å². The van der Waals surface area contributed by atoms with Gasteiger partial charge in [-0.1, -0.05) is 36.4 Å². The number of halogens is 5. The number of nitrogens with one attached hydrogen (secondary N) is 2. The topological polar surface area (TPSA) is 59.6 Å². The van der Waals surface area contributed by atoms with Gasteiger partial charge >= 0.3 is 6.36 Å². The molecule has 1 saturated heterocycles. The Balaban J connectivity index is 1.57. The van der Waals surface area contributed by atoms with E-state index in [1.807, 2.05) is 0 Å². The van der Waals surface area contributed by atoms with E-state index < -0.39 is 35.6 Å². The molecule has 1 aliphatic rings. The van der Waals surface area contributed by atoms with Crippen molar-refractivity contribution < 1.29 is 36.2 Å². The fourth-order valence-electron chi connectivity index (χ4n) is 4.52. The van der Waals surface area contributed by atoms with E-state index in [9.17, 15) is 26.7 Å². The molecule has 1 fully saturated rings. The van der Waals surface area contributed by atoms with Crippen LogP contribution in [0.5, 0.6) is 5.75 Å². The van der Waals surface area contributed by atoms with Crippen LogP contribution in [0.15, 0.2) is 66.7 Å². The van der Waals surface area contributed by atoms with Crippen LogP contribution in [0.25, 0.3) is 0 Å². The van der Waals surface area contributed by atoms with Crippen LogP contribution in [-0.4, -0.2) is 38.1 Å². The van der Waals surface area contributed by atoms with Crippen molar-refractivity contribution in [1.82, 2.24) is 5.32 Å². The number of anilines is 1. The van der Waals surface area contributed by atoms with Crippen molar-refractivity contribution in [1.29, 1.82) is 0 Å². The number of hydrogen-bond acceptors (Lipinski definition) is 4. The summed E-state index contributed by atoms with van der Waals surface area (Å²) in [6, 6.07) is 15.0. The third-order valence-electron chi connectivity index (χ3n) is 6.30. The number of alkyl halides is 3. The largest absolute Gasteiger partial charge is 0.573 e. The van der Waals surface area contributed by atoms with E-state index >= 15 is 0 Å². The summed E-state index contributed by atoms with van der Waals surface area (Å²) in [6.45, 7) is 1.97. The van der Waals surface area contributed by atoms with Gasteiger partial charge in [0, 0.05) is 42.2 Å². The fourth-order valence-corrected chi connectivity index (χ4v) is 4.52. The Kier molecular flexibility index (Phi) is 8.96. The van der Waals surface area contributed by atoms with Gasteiger partial charge in [0.25, 0.3) is 0 Å². The molecule has 1 amide bonds.